The van der Waals surface area contributed by atoms with Crippen LogP contribution in [0.5, 0.6) is 0 Å². The van der Waals surface area contributed by atoms with Crippen molar-refractivity contribution in [3.05, 3.63) is 0 Å². The molecule has 2 aliphatic heterocycles. The van der Waals surface area contributed by atoms with Crippen LogP contribution in [0.3, 0.4) is 0 Å². The molecule has 3 amide bonds. The number of imide groups is 1. The number of nitrogens with zero attached hydrogens (tertiary/aromatic N) is 3. The zero-order valence-electron chi connectivity index (χ0n) is 14.8. The van der Waals surface area contributed by atoms with Crippen molar-refractivity contribution in [2.45, 2.75) is 39.2 Å². The van der Waals surface area contributed by atoms with E-state index in [2.05, 4.69) is 32.8 Å². The topological polar surface area (TPSA) is 89.1 Å². The molecule has 2 fully saturated rings. The molecule has 3 N–H and O–H groups in total. The van der Waals surface area contributed by atoms with E-state index in [0.717, 1.165) is 38.4 Å². The molecule has 136 valence electrons. The minimum atomic E-state index is -0.323. The van der Waals surface area contributed by atoms with Crippen LogP contribution in [0.25, 0.3) is 0 Å². The van der Waals surface area contributed by atoms with Gasteiger partial charge in [-0.3, -0.25) is 14.7 Å². The summed E-state index contributed by atoms with van der Waals surface area (Å²) >= 11 is 0. The largest absolute Gasteiger partial charge is 0.357 e. The molecule has 2 saturated heterocycles. The summed E-state index contributed by atoms with van der Waals surface area (Å²) in [5.74, 6) is 0.579. The molecule has 0 bridgehead atoms. The van der Waals surface area contributed by atoms with Crippen molar-refractivity contribution in [1.29, 1.82) is 0 Å². The summed E-state index contributed by atoms with van der Waals surface area (Å²) in [5.41, 5.74) is 0. The average molecular weight is 338 g/mol. The van der Waals surface area contributed by atoms with Gasteiger partial charge in [0.1, 0.15) is 0 Å². The van der Waals surface area contributed by atoms with Crippen LogP contribution in [0, 0.1) is 0 Å². The highest BCUT2D eigenvalue weighted by Crippen LogP contribution is 2.10. The molecule has 2 aliphatic rings. The molecule has 0 aromatic heterocycles. The molecule has 0 saturated carbocycles. The van der Waals surface area contributed by atoms with E-state index in [4.69, 9.17) is 0 Å². The number of likely N-dealkylation sites (tertiary alicyclic amines) is 1. The maximum Gasteiger partial charge on any atom is 0.324 e. The Kier molecular flexibility index (Phi) is 7.30. The molecule has 0 atom stereocenters. The number of rotatable bonds is 7. The lowest BCUT2D eigenvalue weighted by Gasteiger charge is -2.32. The van der Waals surface area contributed by atoms with E-state index in [-0.39, 0.29) is 18.5 Å². The Morgan fingerprint density at radius 1 is 1.25 bits per heavy atom. The van der Waals surface area contributed by atoms with Crippen molar-refractivity contribution >= 4 is 17.9 Å². The minimum absolute atomic E-state index is 0.0944. The third kappa shape index (κ3) is 5.36. The molecule has 0 aliphatic carbocycles. The Bertz CT molecular complexity index is 443. The van der Waals surface area contributed by atoms with Crippen molar-refractivity contribution in [2.24, 2.45) is 4.99 Å². The number of piperidine rings is 1. The second kappa shape index (κ2) is 9.46. The predicted octanol–water partition coefficient (Wildman–Crippen LogP) is -0.0323. The number of carbonyl (C=O) groups is 2. The Hall–Kier alpha value is -1.83. The van der Waals surface area contributed by atoms with Gasteiger partial charge in [-0.25, -0.2) is 4.79 Å². The van der Waals surface area contributed by atoms with Crippen molar-refractivity contribution < 1.29 is 9.59 Å². The number of urea groups is 1. The van der Waals surface area contributed by atoms with Crippen LogP contribution in [0.15, 0.2) is 4.99 Å². The van der Waals surface area contributed by atoms with Gasteiger partial charge in [0.25, 0.3) is 0 Å². The van der Waals surface area contributed by atoms with Crippen LogP contribution in [0.4, 0.5) is 4.79 Å². The highest BCUT2D eigenvalue weighted by Gasteiger charge is 2.27. The van der Waals surface area contributed by atoms with E-state index in [1.807, 2.05) is 6.92 Å². The first kappa shape index (κ1) is 18.5. The minimum Gasteiger partial charge on any atom is -0.357 e. The van der Waals surface area contributed by atoms with Gasteiger partial charge in [0, 0.05) is 25.7 Å². The number of hydrogen-bond donors (Lipinski definition) is 3. The lowest BCUT2D eigenvalue weighted by molar-refractivity contribution is -0.124. The number of amides is 3. The lowest BCUT2D eigenvalue weighted by Crippen LogP contribution is -2.49. The number of nitrogens with one attached hydrogen (secondary N) is 3. The summed E-state index contributed by atoms with van der Waals surface area (Å²) in [5, 5.41) is 9.23. The fourth-order valence-corrected chi connectivity index (χ4v) is 3.07. The van der Waals surface area contributed by atoms with Gasteiger partial charge in [0.15, 0.2) is 5.96 Å². The monoisotopic (exact) mass is 338 g/mol. The lowest BCUT2D eigenvalue weighted by atomic mass is 10.1. The Balaban J connectivity index is 1.78. The number of hydrogen-bond acceptors (Lipinski definition) is 4. The first-order chi connectivity index (χ1) is 11.6. The molecular weight excluding hydrogens is 308 g/mol. The van der Waals surface area contributed by atoms with E-state index in [1.165, 1.54) is 17.9 Å². The van der Waals surface area contributed by atoms with Crippen molar-refractivity contribution in [3.8, 4) is 0 Å². The summed E-state index contributed by atoms with van der Waals surface area (Å²) in [4.78, 5) is 31.3. The van der Waals surface area contributed by atoms with E-state index in [0.29, 0.717) is 19.1 Å². The first-order valence-electron chi connectivity index (χ1n) is 8.99. The standard InChI is InChI=1S/C16H30N6O2/c1-3-8-21-9-5-13(6-10-21)20-15(17-4-2)18-7-11-22-14(23)12-19-16(22)24/h13H,3-12H2,1-2H3,(H,19,24)(H2,17,18,20). The second-order valence-corrected chi connectivity index (χ2v) is 6.22. The van der Waals surface area contributed by atoms with Gasteiger partial charge >= 0.3 is 6.03 Å². The maximum absolute atomic E-state index is 11.5. The molecule has 8 heteroatoms. The Morgan fingerprint density at radius 3 is 2.58 bits per heavy atom. The molecule has 2 rings (SSSR count). The summed E-state index contributed by atoms with van der Waals surface area (Å²) in [6.07, 6.45) is 3.42. The summed E-state index contributed by atoms with van der Waals surface area (Å²) < 4.78 is 0. The Morgan fingerprint density at radius 2 is 2.00 bits per heavy atom. The zero-order valence-corrected chi connectivity index (χ0v) is 14.8. The molecule has 0 spiro atoms. The van der Waals surface area contributed by atoms with E-state index < -0.39 is 0 Å². The molecule has 2 heterocycles. The second-order valence-electron chi connectivity index (χ2n) is 6.22. The van der Waals surface area contributed by atoms with Gasteiger partial charge in [0.05, 0.1) is 19.6 Å². The highest BCUT2D eigenvalue weighted by atomic mass is 16.2. The fraction of sp³-hybridized carbons (Fsp3) is 0.812. The molecule has 0 radical (unpaired) electrons. The quantitative estimate of drug-likeness (QED) is 0.345. The molecule has 0 unspecified atom stereocenters. The van der Waals surface area contributed by atoms with Gasteiger partial charge in [-0.05, 0) is 32.7 Å². The van der Waals surface area contributed by atoms with Crippen LogP contribution >= 0.6 is 0 Å². The van der Waals surface area contributed by atoms with Gasteiger partial charge in [-0.1, -0.05) is 6.92 Å². The summed E-state index contributed by atoms with van der Waals surface area (Å²) in [7, 11) is 0. The van der Waals surface area contributed by atoms with Gasteiger partial charge in [0.2, 0.25) is 5.91 Å². The first-order valence-corrected chi connectivity index (χ1v) is 8.99. The highest BCUT2D eigenvalue weighted by molar-refractivity contribution is 6.01. The van der Waals surface area contributed by atoms with Crippen LogP contribution in [-0.4, -0.2) is 79.6 Å². The van der Waals surface area contributed by atoms with Crippen molar-refractivity contribution in [2.75, 3.05) is 45.8 Å². The van der Waals surface area contributed by atoms with E-state index in [1.54, 1.807) is 0 Å². The Labute approximate surface area is 144 Å². The fourth-order valence-electron chi connectivity index (χ4n) is 3.07. The zero-order chi connectivity index (χ0) is 17.4. The molecular formula is C16H30N6O2. The SMILES string of the molecule is CCCN1CCC(NC(=NCCN2C(=O)CNC2=O)NCC)CC1. The van der Waals surface area contributed by atoms with Gasteiger partial charge in [-0.15, -0.1) is 0 Å². The van der Waals surface area contributed by atoms with E-state index >= 15 is 0 Å². The number of carbonyl (C=O) groups excluding carboxylic acids is 2. The van der Waals surface area contributed by atoms with Gasteiger partial charge in [-0.2, -0.15) is 0 Å². The molecule has 0 aromatic rings. The number of guanidine groups is 1. The average Bonchev–Trinajstić information content (AvgIpc) is 2.89. The molecule has 8 nitrogen and oxygen atoms in total. The van der Waals surface area contributed by atoms with Crippen molar-refractivity contribution in [1.82, 2.24) is 25.8 Å². The van der Waals surface area contributed by atoms with Crippen LogP contribution in [0.2, 0.25) is 0 Å². The normalized spacial score (nSPS) is 20.4. The summed E-state index contributed by atoms with van der Waals surface area (Å²) in [6.45, 7) is 9.25. The van der Waals surface area contributed by atoms with Crippen LogP contribution < -0.4 is 16.0 Å². The third-order valence-electron chi connectivity index (χ3n) is 4.34. The molecule has 0 aromatic carbocycles. The van der Waals surface area contributed by atoms with E-state index in [9.17, 15) is 9.59 Å². The number of aliphatic imine (C=N–C) groups is 1. The molecule has 24 heavy (non-hydrogen) atoms. The maximum atomic E-state index is 11.5. The smallest absolute Gasteiger partial charge is 0.324 e. The third-order valence-corrected chi connectivity index (χ3v) is 4.34. The predicted molar refractivity (Wildman–Crippen MR) is 94.0 cm³/mol. The van der Waals surface area contributed by atoms with Gasteiger partial charge < -0.3 is 20.9 Å². The van der Waals surface area contributed by atoms with Crippen LogP contribution in [0.1, 0.15) is 33.1 Å². The summed E-state index contributed by atoms with van der Waals surface area (Å²) in [6, 6.07) is 0.101. The van der Waals surface area contributed by atoms with Crippen LogP contribution in [-0.2, 0) is 4.79 Å². The van der Waals surface area contributed by atoms with Crippen molar-refractivity contribution in [3.63, 3.8) is 0 Å².